The van der Waals surface area contributed by atoms with Gasteiger partial charge in [0.1, 0.15) is 11.9 Å². The van der Waals surface area contributed by atoms with Crippen LogP contribution in [0.15, 0.2) is 18.2 Å². The quantitative estimate of drug-likeness (QED) is 0.590. The topological polar surface area (TPSA) is 119 Å². The Morgan fingerprint density at radius 1 is 1.24 bits per heavy atom. The van der Waals surface area contributed by atoms with E-state index in [1.165, 1.54) is 18.2 Å². The first-order valence-corrected chi connectivity index (χ1v) is 4.58. The Bertz CT molecular complexity index is 540. The molecule has 1 aromatic carbocycles. The van der Waals surface area contributed by atoms with Crippen LogP contribution in [0.3, 0.4) is 0 Å². The van der Waals surface area contributed by atoms with Gasteiger partial charge in [-0.3, -0.25) is 20.2 Å². The lowest BCUT2D eigenvalue weighted by molar-refractivity contribution is -0.393. The number of non-ortho nitro benzene ring substituents is 1. The van der Waals surface area contributed by atoms with E-state index in [4.69, 9.17) is 0 Å². The summed E-state index contributed by atoms with van der Waals surface area (Å²) in [5.74, 6) is 0. The standard InChI is InChI=1S/C9H7N3O5/c13-8-2-1-5-3-6(11(14)15)4-7(12(16)17)9(5)10-8/h1-4,8,10,13H/t8-/m0/s1. The Morgan fingerprint density at radius 2 is 1.94 bits per heavy atom. The van der Waals surface area contributed by atoms with Crippen molar-refractivity contribution in [3.8, 4) is 0 Å². The molecule has 0 aliphatic carbocycles. The fraction of sp³-hybridized carbons (Fsp3) is 0.111. The molecule has 0 saturated heterocycles. The van der Waals surface area contributed by atoms with Crippen molar-refractivity contribution in [1.29, 1.82) is 0 Å². The minimum atomic E-state index is -1.04. The molecule has 0 saturated carbocycles. The lowest BCUT2D eigenvalue weighted by atomic mass is 10.1. The third-order valence-corrected chi connectivity index (χ3v) is 2.29. The van der Waals surface area contributed by atoms with Crippen LogP contribution in [0.1, 0.15) is 5.56 Å². The fourth-order valence-corrected chi connectivity index (χ4v) is 1.56. The van der Waals surface area contributed by atoms with E-state index in [1.807, 2.05) is 0 Å². The molecule has 0 bridgehead atoms. The van der Waals surface area contributed by atoms with E-state index in [2.05, 4.69) is 5.32 Å². The number of aliphatic hydroxyl groups is 1. The van der Waals surface area contributed by atoms with E-state index >= 15 is 0 Å². The summed E-state index contributed by atoms with van der Waals surface area (Å²) in [6.07, 6.45) is 1.70. The first-order valence-electron chi connectivity index (χ1n) is 4.58. The molecule has 1 atom stereocenters. The molecule has 1 aromatic rings. The van der Waals surface area contributed by atoms with Gasteiger partial charge in [0, 0.05) is 11.6 Å². The zero-order chi connectivity index (χ0) is 12.6. The van der Waals surface area contributed by atoms with Gasteiger partial charge in [0.15, 0.2) is 0 Å². The molecule has 17 heavy (non-hydrogen) atoms. The molecule has 2 N–H and O–H groups in total. The second-order valence-corrected chi connectivity index (χ2v) is 3.39. The predicted molar refractivity (Wildman–Crippen MR) is 58.4 cm³/mol. The normalized spacial score (nSPS) is 17.1. The molecule has 1 aliphatic heterocycles. The fourth-order valence-electron chi connectivity index (χ4n) is 1.56. The van der Waals surface area contributed by atoms with Gasteiger partial charge in [0.2, 0.25) is 0 Å². The second kappa shape index (κ2) is 3.83. The van der Waals surface area contributed by atoms with Gasteiger partial charge in [-0.15, -0.1) is 0 Å². The number of hydrogen-bond acceptors (Lipinski definition) is 6. The lowest BCUT2D eigenvalue weighted by Crippen LogP contribution is -2.20. The maximum Gasteiger partial charge on any atom is 0.299 e. The third kappa shape index (κ3) is 1.93. The highest BCUT2D eigenvalue weighted by Gasteiger charge is 2.25. The number of nitrogens with one attached hydrogen (secondary N) is 1. The number of anilines is 1. The van der Waals surface area contributed by atoms with Gasteiger partial charge >= 0.3 is 0 Å². The van der Waals surface area contributed by atoms with Crippen LogP contribution >= 0.6 is 0 Å². The molecule has 0 unspecified atom stereocenters. The molecule has 0 aromatic heterocycles. The highest BCUT2D eigenvalue weighted by Crippen LogP contribution is 2.36. The van der Waals surface area contributed by atoms with Crippen molar-refractivity contribution in [2.45, 2.75) is 6.23 Å². The summed E-state index contributed by atoms with van der Waals surface area (Å²) in [6.45, 7) is 0. The summed E-state index contributed by atoms with van der Waals surface area (Å²) in [6, 6.07) is 2.06. The highest BCUT2D eigenvalue weighted by atomic mass is 16.6. The van der Waals surface area contributed by atoms with Gasteiger partial charge in [-0.05, 0) is 6.08 Å². The Hall–Kier alpha value is -2.48. The summed E-state index contributed by atoms with van der Waals surface area (Å²) in [5, 5.41) is 33.2. The van der Waals surface area contributed by atoms with Gasteiger partial charge in [0.05, 0.1) is 15.9 Å². The minimum absolute atomic E-state index is 0.0793. The van der Waals surface area contributed by atoms with E-state index in [9.17, 15) is 25.3 Å². The highest BCUT2D eigenvalue weighted by molar-refractivity contribution is 5.80. The number of nitro benzene ring substituents is 2. The Balaban J connectivity index is 2.65. The molecule has 0 amide bonds. The van der Waals surface area contributed by atoms with E-state index in [0.717, 1.165) is 6.07 Å². The number of benzene rings is 1. The molecular weight excluding hydrogens is 230 g/mol. The van der Waals surface area contributed by atoms with Crippen LogP contribution in [0.4, 0.5) is 17.1 Å². The van der Waals surface area contributed by atoms with Crippen LogP contribution in [-0.4, -0.2) is 21.2 Å². The first kappa shape index (κ1) is 11.0. The molecule has 2 rings (SSSR count). The van der Waals surface area contributed by atoms with E-state index in [0.29, 0.717) is 5.56 Å². The zero-order valence-corrected chi connectivity index (χ0v) is 8.36. The summed E-state index contributed by atoms with van der Waals surface area (Å²) < 4.78 is 0. The maximum absolute atomic E-state index is 10.8. The molecule has 88 valence electrons. The van der Waals surface area contributed by atoms with E-state index in [1.54, 1.807) is 0 Å². The number of nitrogens with zero attached hydrogens (tertiary/aromatic N) is 2. The number of rotatable bonds is 2. The first-order chi connectivity index (χ1) is 7.99. The molecule has 0 radical (unpaired) electrons. The van der Waals surface area contributed by atoms with E-state index in [-0.39, 0.29) is 11.4 Å². The van der Waals surface area contributed by atoms with Crippen molar-refractivity contribution in [2.24, 2.45) is 0 Å². The zero-order valence-electron chi connectivity index (χ0n) is 8.36. The molecule has 8 heteroatoms. The van der Waals surface area contributed by atoms with Crippen molar-refractivity contribution in [3.05, 3.63) is 44.0 Å². The molecule has 1 heterocycles. The predicted octanol–water partition coefficient (Wildman–Crippen LogP) is 1.26. The van der Waals surface area contributed by atoms with Crippen LogP contribution < -0.4 is 5.32 Å². The smallest absolute Gasteiger partial charge is 0.299 e. The SMILES string of the molecule is O=[N+]([O-])c1cc2c(c([N+](=O)[O-])c1)N[C@@H](O)C=C2. The second-order valence-electron chi connectivity index (χ2n) is 3.39. The average Bonchev–Trinajstić information content (AvgIpc) is 2.27. The largest absolute Gasteiger partial charge is 0.370 e. The molecule has 0 spiro atoms. The Kier molecular flexibility index (Phi) is 2.48. The summed E-state index contributed by atoms with van der Waals surface area (Å²) >= 11 is 0. The number of fused-ring (bicyclic) bond motifs is 1. The number of aliphatic hydroxyl groups excluding tert-OH is 1. The third-order valence-electron chi connectivity index (χ3n) is 2.29. The van der Waals surface area contributed by atoms with Crippen molar-refractivity contribution in [3.63, 3.8) is 0 Å². The van der Waals surface area contributed by atoms with Crippen LogP contribution in [0.25, 0.3) is 6.08 Å². The molecular formula is C9H7N3O5. The van der Waals surface area contributed by atoms with E-state index < -0.39 is 21.8 Å². The lowest BCUT2D eigenvalue weighted by Gasteiger charge is -2.17. The molecule has 8 nitrogen and oxygen atoms in total. The monoisotopic (exact) mass is 237 g/mol. The maximum atomic E-state index is 10.8. The van der Waals surface area contributed by atoms with Gasteiger partial charge in [-0.25, -0.2) is 0 Å². The Labute approximate surface area is 94.5 Å². The van der Waals surface area contributed by atoms with Crippen LogP contribution in [0, 0.1) is 20.2 Å². The van der Waals surface area contributed by atoms with Crippen molar-refractivity contribution < 1.29 is 15.0 Å². The van der Waals surface area contributed by atoms with Gasteiger partial charge in [0.25, 0.3) is 11.4 Å². The molecule has 1 aliphatic rings. The summed E-state index contributed by atoms with van der Waals surface area (Å²) in [5.41, 5.74) is -0.414. The van der Waals surface area contributed by atoms with Crippen molar-refractivity contribution >= 4 is 23.1 Å². The minimum Gasteiger partial charge on any atom is -0.370 e. The Morgan fingerprint density at radius 3 is 2.53 bits per heavy atom. The van der Waals surface area contributed by atoms with Crippen LogP contribution in [-0.2, 0) is 0 Å². The van der Waals surface area contributed by atoms with Crippen molar-refractivity contribution in [2.75, 3.05) is 5.32 Å². The van der Waals surface area contributed by atoms with Crippen LogP contribution in [0.2, 0.25) is 0 Å². The van der Waals surface area contributed by atoms with Crippen LogP contribution in [0.5, 0.6) is 0 Å². The average molecular weight is 237 g/mol. The van der Waals surface area contributed by atoms with Gasteiger partial charge in [-0.2, -0.15) is 0 Å². The summed E-state index contributed by atoms with van der Waals surface area (Å²) in [4.78, 5) is 20.0. The van der Waals surface area contributed by atoms with Gasteiger partial charge < -0.3 is 10.4 Å². The summed E-state index contributed by atoms with van der Waals surface area (Å²) in [7, 11) is 0. The van der Waals surface area contributed by atoms with Crippen molar-refractivity contribution in [1.82, 2.24) is 0 Å². The number of hydrogen-bond donors (Lipinski definition) is 2. The van der Waals surface area contributed by atoms with Gasteiger partial charge in [-0.1, -0.05) is 6.08 Å². The molecule has 0 fully saturated rings. The number of nitro groups is 2.